The van der Waals surface area contributed by atoms with Crippen LogP contribution in [0.2, 0.25) is 0 Å². The molecule has 2 N–H and O–H groups in total. The second-order valence-corrected chi connectivity index (χ2v) is 6.07. The maximum absolute atomic E-state index is 12.2. The maximum atomic E-state index is 12.2. The number of hydrogen-bond acceptors (Lipinski definition) is 7. The minimum atomic E-state index is -0.890. The quantitative estimate of drug-likeness (QED) is 0.271. The number of carbonyl (C=O) groups is 2. The van der Waals surface area contributed by atoms with Gasteiger partial charge in [-0.15, -0.1) is 10.2 Å². The van der Waals surface area contributed by atoms with Crippen LogP contribution in [-0.4, -0.2) is 44.5 Å². The van der Waals surface area contributed by atoms with Crippen LogP contribution in [0.5, 0.6) is 0 Å². The van der Waals surface area contributed by atoms with Crippen LogP contribution in [0.15, 0.2) is 35.5 Å². The van der Waals surface area contributed by atoms with Crippen LogP contribution >= 0.6 is 11.8 Å². The van der Waals surface area contributed by atoms with Gasteiger partial charge in [0.2, 0.25) is 10.9 Å². The van der Waals surface area contributed by atoms with Crippen molar-refractivity contribution in [2.45, 2.75) is 31.2 Å². The van der Waals surface area contributed by atoms with Gasteiger partial charge in [-0.05, 0) is 6.92 Å². The van der Waals surface area contributed by atoms with Gasteiger partial charge in [-0.1, -0.05) is 42.1 Å². The first-order chi connectivity index (χ1) is 11.9. The second-order valence-electron chi connectivity index (χ2n) is 5.00. The van der Waals surface area contributed by atoms with E-state index in [9.17, 15) is 9.59 Å². The van der Waals surface area contributed by atoms with Crippen molar-refractivity contribution in [1.29, 1.82) is 0 Å². The Morgan fingerprint density at radius 2 is 1.96 bits per heavy atom. The van der Waals surface area contributed by atoms with Crippen LogP contribution in [0.3, 0.4) is 0 Å². The highest BCUT2D eigenvalue weighted by molar-refractivity contribution is 8.01. The number of ketones is 1. The number of thioether (sulfide) groups is 1. The van der Waals surface area contributed by atoms with E-state index in [1.807, 2.05) is 30.3 Å². The van der Waals surface area contributed by atoms with Gasteiger partial charge in [-0.3, -0.25) is 9.22 Å². The molecular formula is C16H19N4O4S+. The van der Waals surface area contributed by atoms with Crippen LogP contribution in [0.1, 0.15) is 20.8 Å². The first-order valence-corrected chi connectivity index (χ1v) is 8.43. The molecule has 2 aromatic rings. The largest absolute Gasteiger partial charge is 0.576 e. The lowest BCUT2D eigenvalue weighted by molar-refractivity contribution is -0.376. The highest BCUT2D eigenvalue weighted by atomic mass is 32.2. The average Bonchev–Trinajstić information content (AvgIpc) is 2.93. The number of nitrogen functional groups attached to an aromatic ring is 1. The highest BCUT2D eigenvalue weighted by Gasteiger charge is 2.32. The van der Waals surface area contributed by atoms with Crippen LogP contribution in [-0.2, 0) is 18.8 Å². The highest BCUT2D eigenvalue weighted by Crippen LogP contribution is 2.26. The third-order valence-corrected chi connectivity index (χ3v) is 4.34. The predicted molar refractivity (Wildman–Crippen MR) is 93.2 cm³/mol. The van der Waals surface area contributed by atoms with Crippen molar-refractivity contribution in [3.8, 4) is 11.4 Å². The van der Waals surface area contributed by atoms with Crippen LogP contribution < -0.4 is 5.84 Å². The molecule has 0 saturated carbocycles. The molecule has 8 nitrogen and oxygen atoms in total. The molecule has 1 heterocycles. The number of ether oxygens (including phenoxy) is 1. The summed E-state index contributed by atoms with van der Waals surface area (Å²) in [4.78, 5) is 23.4. The van der Waals surface area contributed by atoms with E-state index in [4.69, 9.17) is 15.0 Å². The molecule has 0 aliphatic rings. The Labute approximate surface area is 149 Å². The Bertz CT molecular complexity index is 789. The normalized spacial score (nSPS) is 12.7. The summed E-state index contributed by atoms with van der Waals surface area (Å²) in [6.45, 7) is 4.69. The van der Waals surface area contributed by atoms with Gasteiger partial charge in [0.15, 0.2) is 11.1 Å². The summed E-state index contributed by atoms with van der Waals surface area (Å²) in [6.07, 6.45) is 0. The summed E-state index contributed by atoms with van der Waals surface area (Å²) in [5.74, 6) is 5.64. The van der Waals surface area contributed by atoms with E-state index in [0.29, 0.717) is 11.0 Å². The lowest BCUT2D eigenvalue weighted by atomic mass is 10.2. The van der Waals surface area contributed by atoms with Gasteiger partial charge in [0, 0.05) is 17.3 Å². The Morgan fingerprint density at radius 1 is 1.28 bits per heavy atom. The average molecular weight is 363 g/mol. The van der Waals surface area contributed by atoms with Crippen molar-refractivity contribution in [2.75, 3.05) is 12.4 Å². The minimum Gasteiger partial charge on any atom is -0.465 e. The number of esters is 1. The Balaban J connectivity index is 2.32. The fraction of sp³-hybridized carbons (Fsp3) is 0.312. The molecule has 0 amide bonds. The van der Waals surface area contributed by atoms with Gasteiger partial charge >= 0.3 is 11.9 Å². The molecule has 1 aromatic heterocycles. The molecule has 1 atom stereocenters. The molecule has 0 radical (unpaired) electrons. The molecule has 25 heavy (non-hydrogen) atoms. The smallest absolute Gasteiger partial charge is 0.465 e. The van der Waals surface area contributed by atoms with Gasteiger partial charge in [-0.25, -0.2) is 4.68 Å². The molecule has 2 rings (SSSR count). The van der Waals surface area contributed by atoms with Gasteiger partial charge in [-0.2, -0.15) is 0 Å². The van der Waals surface area contributed by atoms with Crippen LogP contribution in [0, 0.1) is 0 Å². The first-order valence-electron chi connectivity index (χ1n) is 7.55. The Hall–Kier alpha value is -2.68. The van der Waals surface area contributed by atoms with Gasteiger partial charge in [0.05, 0.1) is 13.5 Å². The number of nitrogens with zero attached hydrogens (tertiary/aromatic N) is 3. The van der Waals surface area contributed by atoms with E-state index in [1.54, 1.807) is 6.92 Å². The molecule has 0 saturated heterocycles. The molecule has 132 valence electrons. The number of hydrogen-bond donors (Lipinski definition) is 1. The summed E-state index contributed by atoms with van der Waals surface area (Å²) in [6, 6.07) is 9.29. The monoisotopic (exact) mass is 363 g/mol. The zero-order valence-electron chi connectivity index (χ0n) is 14.1. The van der Waals surface area contributed by atoms with Crippen LogP contribution in [0.4, 0.5) is 0 Å². The third-order valence-electron chi connectivity index (χ3n) is 3.09. The van der Waals surface area contributed by atoms with E-state index in [2.05, 4.69) is 10.2 Å². The first kappa shape index (κ1) is 18.7. The third kappa shape index (κ3) is 4.66. The summed E-state index contributed by atoms with van der Waals surface area (Å²) in [5.41, 5.74) is 0.790. The fourth-order valence-corrected chi connectivity index (χ4v) is 2.92. The lowest BCUT2D eigenvalue weighted by Gasteiger charge is -2.11. The van der Waals surface area contributed by atoms with Crippen LogP contribution in [0.25, 0.3) is 11.4 Å². The van der Waals surface area contributed by atoms with Gasteiger partial charge in [0.25, 0.3) is 0 Å². The van der Waals surface area contributed by atoms with E-state index < -0.39 is 17.2 Å². The van der Waals surface area contributed by atoms with E-state index >= 15 is 0 Å². The standard InChI is InChI=1S/C16H19N4O4S/c1-4-23-15(22)13(10(2)24-11(3)21)25-16-19-18-14(20(16)17)12-8-6-5-7-9-12/h5-9,13H,4,17H2,1-3H3/q+1. The van der Waals surface area contributed by atoms with Crippen molar-refractivity contribution < 1.29 is 18.8 Å². The fourth-order valence-electron chi connectivity index (χ4n) is 2.04. The second kappa shape index (κ2) is 8.43. The number of nitrogens with two attached hydrogens (primary N) is 1. The number of aromatic nitrogens is 3. The summed E-state index contributed by atoms with van der Waals surface area (Å²) in [7, 11) is 0. The molecule has 0 spiro atoms. The molecule has 1 unspecified atom stereocenters. The topological polar surface area (TPSA) is 111 Å². The SMILES string of the molecule is CCOC(=O)C(Sc1nnc(-c2ccccc2)n1N)C(C)=[O+]C(C)=O. The number of benzene rings is 1. The van der Waals surface area contributed by atoms with E-state index in [0.717, 1.165) is 17.3 Å². The van der Waals surface area contributed by atoms with E-state index in [-0.39, 0.29) is 12.4 Å². The zero-order valence-corrected chi connectivity index (χ0v) is 14.9. The van der Waals surface area contributed by atoms with E-state index in [1.165, 1.54) is 18.5 Å². The molecule has 1 aromatic carbocycles. The molecule has 0 fully saturated rings. The summed E-state index contributed by atoms with van der Waals surface area (Å²) in [5, 5.41) is 7.49. The summed E-state index contributed by atoms with van der Waals surface area (Å²) >= 11 is 1.00. The van der Waals surface area contributed by atoms with Gasteiger partial charge < -0.3 is 10.6 Å². The Kier molecular flexibility index (Phi) is 6.29. The zero-order chi connectivity index (χ0) is 18.4. The van der Waals surface area contributed by atoms with Crippen molar-refractivity contribution >= 4 is 29.5 Å². The maximum Gasteiger partial charge on any atom is 0.576 e. The van der Waals surface area contributed by atoms with Gasteiger partial charge in [0.1, 0.15) is 0 Å². The van der Waals surface area contributed by atoms with Crippen molar-refractivity contribution in [3.63, 3.8) is 0 Å². The van der Waals surface area contributed by atoms with Crippen molar-refractivity contribution in [1.82, 2.24) is 14.9 Å². The minimum absolute atomic E-state index is 0.195. The molecule has 0 aliphatic carbocycles. The van der Waals surface area contributed by atoms with Crippen molar-refractivity contribution in [2.24, 2.45) is 0 Å². The predicted octanol–water partition coefficient (Wildman–Crippen LogP) is 1.35. The summed E-state index contributed by atoms with van der Waals surface area (Å²) < 4.78 is 11.4. The number of rotatable bonds is 6. The molecular weight excluding hydrogens is 344 g/mol. The number of carbonyl (C=O) groups excluding carboxylic acids is 3. The molecule has 0 bridgehead atoms. The lowest BCUT2D eigenvalue weighted by Crippen LogP contribution is -2.30. The molecule has 0 aliphatic heterocycles. The van der Waals surface area contributed by atoms with Crippen molar-refractivity contribution in [3.05, 3.63) is 30.3 Å². The molecule has 9 heteroatoms. The Morgan fingerprint density at radius 3 is 2.56 bits per heavy atom.